The standard InChI is InChI=1S/C33H69NO3.C16H32O/c1-4-6-8-10-11-17-25-33(24-16-9-7-5-2)32-37-31-23-15-13-19-27-34(28-20-21-29-35)26-18-12-14-22-30-36-3;1-3-5-7-9-10-12-14-16(15-17)13-11-8-6-4-2/h33,35H,4-32H2,1-3H3;15-16H,3-14H2,1-2H3. The highest BCUT2D eigenvalue weighted by Gasteiger charge is 2.10. The smallest absolute Gasteiger partial charge is 0.123 e. The fourth-order valence-corrected chi connectivity index (χ4v) is 7.55. The van der Waals surface area contributed by atoms with Crippen molar-refractivity contribution in [2.45, 2.75) is 246 Å². The van der Waals surface area contributed by atoms with Crippen molar-refractivity contribution >= 4 is 6.29 Å². The Morgan fingerprint density at radius 2 is 0.833 bits per heavy atom. The van der Waals surface area contributed by atoms with Gasteiger partial charge in [-0.05, 0) is 89.8 Å². The van der Waals surface area contributed by atoms with Gasteiger partial charge in [0.25, 0.3) is 0 Å². The van der Waals surface area contributed by atoms with Gasteiger partial charge < -0.3 is 24.3 Å². The number of hydrogen-bond donors (Lipinski definition) is 1. The molecule has 0 aliphatic heterocycles. The molecule has 0 saturated carbocycles. The molecular weight excluding hydrogens is 667 g/mol. The van der Waals surface area contributed by atoms with Crippen molar-refractivity contribution in [3.05, 3.63) is 0 Å². The maximum Gasteiger partial charge on any atom is 0.123 e. The van der Waals surface area contributed by atoms with Crippen LogP contribution in [-0.4, -0.2) is 69.5 Å². The lowest BCUT2D eigenvalue weighted by molar-refractivity contribution is -0.111. The second kappa shape index (κ2) is 50.5. The Morgan fingerprint density at radius 3 is 1.28 bits per heavy atom. The van der Waals surface area contributed by atoms with Gasteiger partial charge in [0, 0.05) is 39.5 Å². The van der Waals surface area contributed by atoms with E-state index in [4.69, 9.17) is 14.6 Å². The molecule has 0 heterocycles. The average molecular weight is 768 g/mol. The van der Waals surface area contributed by atoms with Crippen LogP contribution in [0.2, 0.25) is 0 Å². The zero-order valence-corrected chi connectivity index (χ0v) is 37.8. The van der Waals surface area contributed by atoms with Crippen LogP contribution < -0.4 is 0 Å². The highest BCUT2D eigenvalue weighted by atomic mass is 16.5. The zero-order valence-electron chi connectivity index (χ0n) is 37.8. The van der Waals surface area contributed by atoms with Gasteiger partial charge in [0.05, 0.1) is 0 Å². The number of aliphatic hydroxyl groups excluding tert-OH is 1. The van der Waals surface area contributed by atoms with Crippen LogP contribution >= 0.6 is 0 Å². The van der Waals surface area contributed by atoms with E-state index < -0.39 is 0 Å². The molecule has 0 bridgehead atoms. The van der Waals surface area contributed by atoms with E-state index >= 15 is 0 Å². The molecule has 0 radical (unpaired) electrons. The summed E-state index contributed by atoms with van der Waals surface area (Å²) >= 11 is 0. The van der Waals surface area contributed by atoms with Gasteiger partial charge in [-0.3, -0.25) is 0 Å². The largest absolute Gasteiger partial charge is 0.396 e. The van der Waals surface area contributed by atoms with E-state index in [1.54, 1.807) is 7.11 Å². The molecule has 0 aliphatic carbocycles. The summed E-state index contributed by atoms with van der Waals surface area (Å²) in [5.74, 6) is 1.13. The number of carbonyl (C=O) groups excluding carboxylic acids is 1. The molecule has 0 aliphatic rings. The molecule has 0 fully saturated rings. The van der Waals surface area contributed by atoms with E-state index in [1.807, 2.05) is 0 Å². The first kappa shape index (κ1) is 55.6. The fraction of sp³-hybridized carbons (Fsp3) is 0.980. The van der Waals surface area contributed by atoms with Gasteiger partial charge in [-0.1, -0.05) is 182 Å². The summed E-state index contributed by atoms with van der Waals surface area (Å²) in [6.07, 6.45) is 45.4. The Hall–Kier alpha value is -0.490. The second-order valence-electron chi connectivity index (χ2n) is 16.7. The number of unbranched alkanes of at least 4 members (excludes halogenated alkanes) is 23. The van der Waals surface area contributed by atoms with Gasteiger partial charge in [0.2, 0.25) is 0 Å². The fourth-order valence-electron chi connectivity index (χ4n) is 7.55. The van der Waals surface area contributed by atoms with Crippen LogP contribution in [0.15, 0.2) is 0 Å². The highest BCUT2D eigenvalue weighted by molar-refractivity contribution is 5.53. The maximum atomic E-state index is 10.9. The summed E-state index contributed by atoms with van der Waals surface area (Å²) in [5, 5.41) is 9.13. The predicted octanol–water partition coefficient (Wildman–Crippen LogP) is 14.7. The number of hydrogen-bond acceptors (Lipinski definition) is 5. The summed E-state index contributed by atoms with van der Waals surface area (Å²) in [4.78, 5) is 13.6. The average Bonchev–Trinajstić information content (AvgIpc) is 3.18. The van der Waals surface area contributed by atoms with Crippen LogP contribution in [0, 0.1) is 11.8 Å². The Labute approximate surface area is 340 Å². The van der Waals surface area contributed by atoms with E-state index in [-0.39, 0.29) is 0 Å². The first-order valence-electron chi connectivity index (χ1n) is 24.5. The molecule has 2 atom stereocenters. The molecule has 54 heavy (non-hydrogen) atoms. The minimum atomic E-state index is 0.323. The van der Waals surface area contributed by atoms with E-state index in [1.165, 1.54) is 212 Å². The Balaban J connectivity index is 0. The molecule has 0 aromatic heterocycles. The van der Waals surface area contributed by atoms with Crippen molar-refractivity contribution in [3.8, 4) is 0 Å². The molecule has 5 heteroatoms. The molecule has 0 amide bonds. The first-order chi connectivity index (χ1) is 26.6. The quantitative estimate of drug-likeness (QED) is 0.0494. The van der Waals surface area contributed by atoms with Crippen LogP contribution in [0.3, 0.4) is 0 Å². The third-order valence-electron chi connectivity index (χ3n) is 11.3. The van der Waals surface area contributed by atoms with Crippen LogP contribution in [0.4, 0.5) is 0 Å². The lowest BCUT2D eigenvalue weighted by atomic mass is 9.95. The number of aldehydes is 1. The summed E-state index contributed by atoms with van der Waals surface area (Å²) in [7, 11) is 1.79. The number of ether oxygens (including phenoxy) is 2. The van der Waals surface area contributed by atoms with E-state index in [9.17, 15) is 4.79 Å². The Kier molecular flexibility index (Phi) is 52.0. The lowest BCUT2D eigenvalue weighted by Crippen LogP contribution is -2.27. The summed E-state index contributed by atoms with van der Waals surface area (Å²) in [6.45, 7) is 15.8. The predicted molar refractivity (Wildman–Crippen MR) is 239 cm³/mol. The number of nitrogens with zero attached hydrogens (tertiary/aromatic N) is 1. The third-order valence-corrected chi connectivity index (χ3v) is 11.3. The second-order valence-corrected chi connectivity index (χ2v) is 16.7. The van der Waals surface area contributed by atoms with Gasteiger partial charge in [-0.2, -0.15) is 0 Å². The van der Waals surface area contributed by atoms with Crippen molar-refractivity contribution in [1.82, 2.24) is 4.90 Å². The number of methoxy groups -OCH3 is 1. The molecule has 5 nitrogen and oxygen atoms in total. The Morgan fingerprint density at radius 1 is 0.463 bits per heavy atom. The molecule has 0 aromatic rings. The highest BCUT2D eigenvalue weighted by Crippen LogP contribution is 2.20. The SMILES string of the molecule is CCCCCCCCC(C=O)CCCCCC.CCCCCCCCC(CCCCCC)COCCCCCCN(CCCCO)CCCCCCOC. The van der Waals surface area contributed by atoms with Crippen LogP contribution in [0.1, 0.15) is 246 Å². The summed E-state index contributed by atoms with van der Waals surface area (Å²) in [6, 6.07) is 0. The van der Waals surface area contributed by atoms with Gasteiger partial charge >= 0.3 is 0 Å². The number of aliphatic hydroxyl groups is 1. The lowest BCUT2D eigenvalue weighted by Gasteiger charge is -2.22. The van der Waals surface area contributed by atoms with Gasteiger partial charge in [-0.25, -0.2) is 0 Å². The summed E-state index contributed by atoms with van der Waals surface area (Å²) < 4.78 is 11.4. The van der Waals surface area contributed by atoms with Gasteiger partial charge in [0.1, 0.15) is 6.29 Å². The summed E-state index contributed by atoms with van der Waals surface area (Å²) in [5.41, 5.74) is 0. The van der Waals surface area contributed by atoms with Crippen LogP contribution in [0.25, 0.3) is 0 Å². The molecule has 0 spiro atoms. The monoisotopic (exact) mass is 768 g/mol. The van der Waals surface area contributed by atoms with Gasteiger partial charge in [-0.15, -0.1) is 0 Å². The molecule has 1 N–H and O–H groups in total. The zero-order chi connectivity index (χ0) is 39.8. The normalized spacial score (nSPS) is 12.6. The van der Waals surface area contributed by atoms with Crippen LogP contribution in [0.5, 0.6) is 0 Å². The number of rotatable bonds is 45. The molecule has 326 valence electrons. The van der Waals surface area contributed by atoms with E-state index in [0.717, 1.165) is 58.0 Å². The van der Waals surface area contributed by atoms with Crippen molar-refractivity contribution in [2.75, 3.05) is 53.2 Å². The molecule has 0 rings (SSSR count). The third kappa shape index (κ3) is 45.9. The first-order valence-corrected chi connectivity index (χ1v) is 24.5. The van der Waals surface area contributed by atoms with E-state index in [2.05, 4.69) is 32.6 Å². The van der Waals surface area contributed by atoms with Gasteiger partial charge in [0.15, 0.2) is 0 Å². The minimum absolute atomic E-state index is 0.323. The maximum absolute atomic E-state index is 10.9. The number of carbonyl (C=O) groups is 1. The molecule has 0 aromatic carbocycles. The van der Waals surface area contributed by atoms with E-state index in [0.29, 0.717) is 12.5 Å². The molecular formula is C49H101NO4. The molecule has 0 saturated heterocycles. The van der Waals surface area contributed by atoms with Crippen molar-refractivity contribution in [2.24, 2.45) is 11.8 Å². The Bertz CT molecular complexity index is 662. The van der Waals surface area contributed by atoms with Crippen molar-refractivity contribution in [3.63, 3.8) is 0 Å². The topological polar surface area (TPSA) is 59.0 Å². The minimum Gasteiger partial charge on any atom is -0.396 e. The van der Waals surface area contributed by atoms with Crippen molar-refractivity contribution < 1.29 is 19.4 Å². The molecule has 2 unspecified atom stereocenters. The van der Waals surface area contributed by atoms with Crippen molar-refractivity contribution in [1.29, 1.82) is 0 Å². The van der Waals surface area contributed by atoms with Crippen LogP contribution in [-0.2, 0) is 14.3 Å².